The number of piperidine rings is 1. The van der Waals surface area contributed by atoms with Crippen molar-refractivity contribution >= 4 is 5.91 Å². The summed E-state index contributed by atoms with van der Waals surface area (Å²) in [5.41, 5.74) is 0. The lowest BCUT2D eigenvalue weighted by Gasteiger charge is -2.35. The molecular formula is C16H28N2O. The molecule has 1 amide bonds. The number of carbonyl (C=O) groups excluding carboxylic acids is 1. The summed E-state index contributed by atoms with van der Waals surface area (Å²) in [7, 11) is 0. The fourth-order valence-electron chi connectivity index (χ4n) is 4.41. The van der Waals surface area contributed by atoms with Crippen LogP contribution in [0, 0.1) is 11.8 Å². The summed E-state index contributed by atoms with van der Waals surface area (Å²) >= 11 is 0. The molecule has 3 rings (SSSR count). The van der Waals surface area contributed by atoms with E-state index < -0.39 is 0 Å². The van der Waals surface area contributed by atoms with Crippen molar-refractivity contribution in [3.63, 3.8) is 0 Å². The van der Waals surface area contributed by atoms with Crippen molar-refractivity contribution < 1.29 is 4.79 Å². The van der Waals surface area contributed by atoms with Crippen molar-refractivity contribution in [2.45, 2.75) is 70.4 Å². The first-order chi connectivity index (χ1) is 9.25. The predicted molar refractivity (Wildman–Crippen MR) is 76.9 cm³/mol. The minimum absolute atomic E-state index is 0.417. The van der Waals surface area contributed by atoms with Crippen LogP contribution in [0.15, 0.2) is 0 Å². The molecule has 1 saturated carbocycles. The van der Waals surface area contributed by atoms with Crippen LogP contribution in [0.1, 0.15) is 58.3 Å². The molecule has 1 N–H and O–H groups in total. The number of hydrogen-bond donors (Lipinski definition) is 1. The molecule has 3 heteroatoms. The maximum atomic E-state index is 12.6. The number of fused-ring (bicyclic) bond motifs is 1. The highest BCUT2D eigenvalue weighted by Crippen LogP contribution is 2.36. The Morgan fingerprint density at radius 3 is 2.84 bits per heavy atom. The smallest absolute Gasteiger partial charge is 0.224 e. The van der Waals surface area contributed by atoms with Crippen LogP contribution >= 0.6 is 0 Å². The number of likely N-dealkylation sites (tertiary alicyclic amines) is 1. The second-order valence-electron chi connectivity index (χ2n) is 6.87. The van der Waals surface area contributed by atoms with Crippen molar-refractivity contribution in [1.82, 2.24) is 10.2 Å². The average Bonchev–Trinajstić information content (AvgIpc) is 2.85. The third-order valence-electron chi connectivity index (χ3n) is 5.65. The zero-order chi connectivity index (χ0) is 13.2. The van der Waals surface area contributed by atoms with Crippen LogP contribution in [-0.4, -0.2) is 36.0 Å². The summed E-state index contributed by atoms with van der Waals surface area (Å²) in [6, 6.07) is 1.00. The molecule has 0 bridgehead atoms. The highest BCUT2D eigenvalue weighted by molar-refractivity contribution is 5.77. The van der Waals surface area contributed by atoms with Gasteiger partial charge in [-0.2, -0.15) is 0 Å². The maximum Gasteiger partial charge on any atom is 0.224 e. The molecule has 0 aromatic carbocycles. The molecule has 3 fully saturated rings. The van der Waals surface area contributed by atoms with Crippen LogP contribution in [0.4, 0.5) is 0 Å². The van der Waals surface area contributed by atoms with Crippen molar-refractivity contribution in [2.75, 3.05) is 13.1 Å². The topological polar surface area (TPSA) is 32.3 Å². The lowest BCUT2D eigenvalue weighted by molar-refractivity contribution is -0.133. The Morgan fingerprint density at radius 1 is 1.16 bits per heavy atom. The monoisotopic (exact) mass is 264 g/mol. The molecule has 3 nitrogen and oxygen atoms in total. The number of rotatable bonds is 2. The Labute approximate surface area is 117 Å². The van der Waals surface area contributed by atoms with Crippen molar-refractivity contribution in [3.8, 4) is 0 Å². The van der Waals surface area contributed by atoms with Crippen LogP contribution in [-0.2, 0) is 4.79 Å². The predicted octanol–water partition coefficient (Wildman–Crippen LogP) is 2.56. The zero-order valence-electron chi connectivity index (χ0n) is 12.2. The van der Waals surface area contributed by atoms with E-state index in [2.05, 4.69) is 17.1 Å². The lowest BCUT2D eigenvalue weighted by Crippen LogP contribution is -2.46. The summed E-state index contributed by atoms with van der Waals surface area (Å²) in [6.45, 7) is 4.40. The van der Waals surface area contributed by atoms with E-state index in [0.717, 1.165) is 25.4 Å². The molecule has 2 saturated heterocycles. The molecule has 0 aromatic heterocycles. The second-order valence-corrected chi connectivity index (χ2v) is 6.87. The Balaban J connectivity index is 1.57. The Bertz CT molecular complexity index is 331. The van der Waals surface area contributed by atoms with Crippen molar-refractivity contribution in [3.05, 3.63) is 0 Å². The van der Waals surface area contributed by atoms with Gasteiger partial charge in [0.25, 0.3) is 0 Å². The van der Waals surface area contributed by atoms with Crippen LogP contribution in [0.5, 0.6) is 0 Å². The standard InChI is InChI=1S/C16H28N2O/c1-12-5-4-9-17-14(12)11-16(19)18-10-8-13-6-2-3-7-15(13)18/h12-15,17H,2-11H2,1H3. The molecule has 0 spiro atoms. The second kappa shape index (κ2) is 5.82. The molecule has 0 aromatic rings. The van der Waals surface area contributed by atoms with Gasteiger partial charge in [0.05, 0.1) is 0 Å². The minimum Gasteiger partial charge on any atom is -0.339 e. The molecule has 4 atom stereocenters. The first kappa shape index (κ1) is 13.4. The van der Waals surface area contributed by atoms with Crippen LogP contribution in [0.3, 0.4) is 0 Å². The molecule has 2 heterocycles. The number of amides is 1. The molecule has 19 heavy (non-hydrogen) atoms. The van der Waals surface area contributed by atoms with Gasteiger partial charge < -0.3 is 10.2 Å². The van der Waals surface area contributed by atoms with E-state index in [1.807, 2.05) is 0 Å². The Hall–Kier alpha value is -0.570. The molecule has 108 valence electrons. The normalized spacial score (nSPS) is 39.1. The van der Waals surface area contributed by atoms with Crippen LogP contribution in [0.25, 0.3) is 0 Å². The zero-order valence-corrected chi connectivity index (χ0v) is 12.2. The van der Waals surface area contributed by atoms with E-state index in [0.29, 0.717) is 23.9 Å². The highest BCUT2D eigenvalue weighted by atomic mass is 16.2. The fraction of sp³-hybridized carbons (Fsp3) is 0.938. The third-order valence-corrected chi connectivity index (χ3v) is 5.65. The number of nitrogens with zero attached hydrogens (tertiary/aromatic N) is 1. The quantitative estimate of drug-likeness (QED) is 0.831. The summed E-state index contributed by atoms with van der Waals surface area (Å²) in [6.07, 6.45) is 9.83. The first-order valence-corrected chi connectivity index (χ1v) is 8.28. The van der Waals surface area contributed by atoms with Gasteiger partial charge in [-0.3, -0.25) is 4.79 Å². The van der Waals surface area contributed by atoms with Gasteiger partial charge >= 0.3 is 0 Å². The van der Waals surface area contributed by atoms with Gasteiger partial charge in [0.1, 0.15) is 0 Å². The highest BCUT2D eigenvalue weighted by Gasteiger charge is 2.38. The van der Waals surface area contributed by atoms with Gasteiger partial charge in [-0.05, 0) is 50.5 Å². The average molecular weight is 264 g/mol. The molecule has 3 aliphatic rings. The molecule has 4 unspecified atom stereocenters. The SMILES string of the molecule is CC1CCCNC1CC(=O)N1CCC2CCCCC21. The lowest BCUT2D eigenvalue weighted by atomic mass is 9.85. The summed E-state index contributed by atoms with van der Waals surface area (Å²) in [5, 5.41) is 3.55. The fourth-order valence-corrected chi connectivity index (χ4v) is 4.41. The van der Waals surface area contributed by atoms with E-state index >= 15 is 0 Å². The number of hydrogen-bond acceptors (Lipinski definition) is 2. The molecule has 2 aliphatic heterocycles. The van der Waals surface area contributed by atoms with E-state index in [1.165, 1.54) is 44.9 Å². The van der Waals surface area contributed by atoms with Crippen molar-refractivity contribution in [1.29, 1.82) is 0 Å². The number of carbonyl (C=O) groups is 1. The Kier molecular flexibility index (Phi) is 4.11. The van der Waals surface area contributed by atoms with Crippen LogP contribution in [0.2, 0.25) is 0 Å². The van der Waals surface area contributed by atoms with Gasteiger partial charge in [-0.1, -0.05) is 19.8 Å². The third kappa shape index (κ3) is 2.81. The van der Waals surface area contributed by atoms with Gasteiger partial charge in [0.15, 0.2) is 0 Å². The largest absolute Gasteiger partial charge is 0.339 e. The maximum absolute atomic E-state index is 12.6. The van der Waals surface area contributed by atoms with Crippen molar-refractivity contribution in [2.24, 2.45) is 11.8 Å². The van der Waals surface area contributed by atoms with E-state index in [4.69, 9.17) is 0 Å². The minimum atomic E-state index is 0.417. The van der Waals surface area contributed by atoms with Gasteiger partial charge in [-0.25, -0.2) is 0 Å². The summed E-state index contributed by atoms with van der Waals surface area (Å²) in [5.74, 6) is 1.89. The summed E-state index contributed by atoms with van der Waals surface area (Å²) in [4.78, 5) is 14.8. The van der Waals surface area contributed by atoms with Gasteiger partial charge in [0.2, 0.25) is 5.91 Å². The van der Waals surface area contributed by atoms with Gasteiger partial charge in [-0.15, -0.1) is 0 Å². The molecule has 0 radical (unpaired) electrons. The Morgan fingerprint density at radius 2 is 2.00 bits per heavy atom. The van der Waals surface area contributed by atoms with Crippen LogP contribution < -0.4 is 5.32 Å². The van der Waals surface area contributed by atoms with Gasteiger partial charge in [0, 0.05) is 25.0 Å². The number of nitrogens with one attached hydrogen (secondary N) is 1. The van der Waals surface area contributed by atoms with E-state index in [-0.39, 0.29) is 0 Å². The van der Waals surface area contributed by atoms with E-state index in [9.17, 15) is 4.79 Å². The molecule has 1 aliphatic carbocycles. The summed E-state index contributed by atoms with van der Waals surface area (Å²) < 4.78 is 0. The first-order valence-electron chi connectivity index (χ1n) is 8.28. The van der Waals surface area contributed by atoms with E-state index in [1.54, 1.807) is 0 Å². The molecular weight excluding hydrogens is 236 g/mol.